The second kappa shape index (κ2) is 6.85. The Bertz CT molecular complexity index is 654. The van der Waals surface area contributed by atoms with Gasteiger partial charge in [-0.2, -0.15) is 0 Å². The molecule has 2 aromatic rings. The minimum Gasteiger partial charge on any atom is -0.394 e. The van der Waals surface area contributed by atoms with Crippen molar-refractivity contribution in [3.63, 3.8) is 0 Å². The van der Waals surface area contributed by atoms with Gasteiger partial charge in [-0.1, -0.05) is 18.2 Å². The first-order valence-electron chi connectivity index (χ1n) is 7.65. The number of fused-ring (bicyclic) bond motifs is 1. The lowest BCUT2D eigenvalue weighted by Gasteiger charge is -2.32. The quantitative estimate of drug-likeness (QED) is 0.936. The number of likely N-dealkylation sites (tertiary alicyclic amines) is 1. The van der Waals surface area contributed by atoms with Crippen LogP contribution in [0.15, 0.2) is 36.5 Å². The van der Waals surface area contributed by atoms with E-state index in [9.17, 15) is 4.79 Å². The number of para-hydroxylation sites is 1. The molecular formula is C17H20N2O3. The Morgan fingerprint density at radius 1 is 1.36 bits per heavy atom. The molecular weight excluding hydrogens is 280 g/mol. The van der Waals surface area contributed by atoms with Gasteiger partial charge in [0.2, 0.25) is 0 Å². The summed E-state index contributed by atoms with van der Waals surface area (Å²) in [4.78, 5) is 19.0. The molecule has 116 valence electrons. The van der Waals surface area contributed by atoms with E-state index in [-0.39, 0.29) is 18.6 Å². The molecule has 5 nitrogen and oxygen atoms in total. The maximum Gasteiger partial charge on any atom is 0.254 e. The number of rotatable bonds is 4. The number of aliphatic hydroxyl groups is 1. The average Bonchev–Trinajstić information content (AvgIpc) is 2.59. The number of ether oxygens (including phenoxy) is 1. The van der Waals surface area contributed by atoms with Gasteiger partial charge < -0.3 is 14.7 Å². The van der Waals surface area contributed by atoms with Crippen LogP contribution in [0.1, 0.15) is 23.2 Å². The van der Waals surface area contributed by atoms with Crippen LogP contribution >= 0.6 is 0 Å². The van der Waals surface area contributed by atoms with Crippen LogP contribution in [0.4, 0.5) is 0 Å². The van der Waals surface area contributed by atoms with E-state index >= 15 is 0 Å². The van der Waals surface area contributed by atoms with Gasteiger partial charge >= 0.3 is 0 Å². The number of hydrogen-bond acceptors (Lipinski definition) is 4. The van der Waals surface area contributed by atoms with E-state index in [1.165, 1.54) is 0 Å². The topological polar surface area (TPSA) is 62.7 Å². The predicted molar refractivity (Wildman–Crippen MR) is 83.7 cm³/mol. The van der Waals surface area contributed by atoms with Crippen LogP contribution in [-0.2, 0) is 4.74 Å². The molecule has 1 N–H and O–H groups in total. The highest BCUT2D eigenvalue weighted by molar-refractivity contribution is 6.06. The second-order valence-corrected chi connectivity index (χ2v) is 5.49. The Labute approximate surface area is 129 Å². The SMILES string of the molecule is O=C(c1ccnc2ccccc12)N1CCCC(OCCO)C1. The van der Waals surface area contributed by atoms with E-state index in [1.807, 2.05) is 29.2 Å². The molecule has 0 aliphatic carbocycles. The number of nitrogens with zero attached hydrogens (tertiary/aromatic N) is 2. The van der Waals surface area contributed by atoms with E-state index in [0.29, 0.717) is 18.7 Å². The highest BCUT2D eigenvalue weighted by atomic mass is 16.5. The zero-order valence-electron chi connectivity index (χ0n) is 12.4. The van der Waals surface area contributed by atoms with Crippen molar-refractivity contribution in [2.75, 3.05) is 26.3 Å². The summed E-state index contributed by atoms with van der Waals surface area (Å²) in [7, 11) is 0. The van der Waals surface area contributed by atoms with Crippen LogP contribution in [-0.4, -0.2) is 53.3 Å². The molecule has 1 unspecified atom stereocenters. The summed E-state index contributed by atoms with van der Waals surface area (Å²) in [5.41, 5.74) is 1.52. The van der Waals surface area contributed by atoms with Gasteiger partial charge in [0.25, 0.3) is 5.91 Å². The maximum atomic E-state index is 12.8. The monoisotopic (exact) mass is 300 g/mol. The normalized spacial score (nSPS) is 18.6. The maximum absolute atomic E-state index is 12.8. The summed E-state index contributed by atoms with van der Waals surface area (Å²) >= 11 is 0. The van der Waals surface area contributed by atoms with Gasteiger partial charge in [0.15, 0.2) is 0 Å². The first kappa shape index (κ1) is 14.9. The molecule has 1 aromatic carbocycles. The summed E-state index contributed by atoms with van der Waals surface area (Å²) in [5, 5.41) is 9.74. The lowest BCUT2D eigenvalue weighted by atomic mass is 10.0. The molecule has 1 aliphatic heterocycles. The lowest BCUT2D eigenvalue weighted by Crippen LogP contribution is -2.43. The van der Waals surface area contributed by atoms with E-state index in [2.05, 4.69) is 4.98 Å². The van der Waals surface area contributed by atoms with Gasteiger partial charge in [-0.15, -0.1) is 0 Å². The molecule has 22 heavy (non-hydrogen) atoms. The Hall–Kier alpha value is -1.98. The van der Waals surface area contributed by atoms with Gasteiger partial charge in [0, 0.05) is 24.7 Å². The molecule has 0 saturated carbocycles. The van der Waals surface area contributed by atoms with E-state index in [1.54, 1.807) is 12.3 Å². The zero-order chi connectivity index (χ0) is 15.4. The largest absolute Gasteiger partial charge is 0.394 e. The van der Waals surface area contributed by atoms with Crippen molar-refractivity contribution in [3.8, 4) is 0 Å². The predicted octanol–water partition coefficient (Wildman–Crippen LogP) is 1.85. The highest BCUT2D eigenvalue weighted by Gasteiger charge is 2.25. The molecule has 0 spiro atoms. The minimum absolute atomic E-state index is 0.0120. The fourth-order valence-electron chi connectivity index (χ4n) is 2.93. The summed E-state index contributed by atoms with van der Waals surface area (Å²) in [6.45, 7) is 1.66. The van der Waals surface area contributed by atoms with Gasteiger partial charge in [0.05, 0.1) is 30.4 Å². The van der Waals surface area contributed by atoms with Crippen LogP contribution in [0.5, 0.6) is 0 Å². The summed E-state index contributed by atoms with van der Waals surface area (Å²) < 4.78 is 5.58. The van der Waals surface area contributed by atoms with Gasteiger partial charge in [-0.3, -0.25) is 9.78 Å². The van der Waals surface area contributed by atoms with Crippen LogP contribution in [0.2, 0.25) is 0 Å². The third kappa shape index (κ3) is 3.10. The fourth-order valence-corrected chi connectivity index (χ4v) is 2.93. The number of benzene rings is 1. The number of pyridine rings is 1. The average molecular weight is 300 g/mol. The Morgan fingerprint density at radius 3 is 3.09 bits per heavy atom. The number of piperidine rings is 1. The zero-order valence-corrected chi connectivity index (χ0v) is 12.4. The van der Waals surface area contributed by atoms with Gasteiger partial charge in [-0.05, 0) is 25.0 Å². The summed E-state index contributed by atoms with van der Waals surface area (Å²) in [6, 6.07) is 9.46. The third-order valence-electron chi connectivity index (χ3n) is 3.99. The number of carbonyl (C=O) groups is 1. The number of amides is 1. The Kier molecular flexibility index (Phi) is 4.65. The van der Waals surface area contributed by atoms with Crippen molar-refractivity contribution < 1.29 is 14.6 Å². The molecule has 1 aliphatic rings. The number of aliphatic hydroxyl groups excluding tert-OH is 1. The molecule has 5 heteroatoms. The van der Waals surface area contributed by atoms with Crippen LogP contribution in [0, 0.1) is 0 Å². The lowest BCUT2D eigenvalue weighted by molar-refractivity contribution is -0.0110. The van der Waals surface area contributed by atoms with Crippen molar-refractivity contribution in [2.45, 2.75) is 18.9 Å². The van der Waals surface area contributed by atoms with Gasteiger partial charge in [-0.25, -0.2) is 0 Å². The van der Waals surface area contributed by atoms with Crippen LogP contribution < -0.4 is 0 Å². The molecule has 0 bridgehead atoms. The number of carbonyl (C=O) groups excluding carboxylic acids is 1. The number of hydrogen-bond donors (Lipinski definition) is 1. The molecule has 1 atom stereocenters. The summed E-state index contributed by atoms with van der Waals surface area (Å²) in [5.74, 6) is 0.0240. The fraction of sp³-hybridized carbons (Fsp3) is 0.412. The molecule has 1 saturated heterocycles. The minimum atomic E-state index is 0.0120. The van der Waals surface area contributed by atoms with Crippen molar-refractivity contribution >= 4 is 16.8 Å². The second-order valence-electron chi connectivity index (χ2n) is 5.49. The first-order valence-corrected chi connectivity index (χ1v) is 7.65. The Balaban J connectivity index is 1.80. The smallest absolute Gasteiger partial charge is 0.254 e. The molecule has 1 fully saturated rings. The van der Waals surface area contributed by atoms with E-state index < -0.39 is 0 Å². The molecule has 3 rings (SSSR count). The highest BCUT2D eigenvalue weighted by Crippen LogP contribution is 2.21. The van der Waals surface area contributed by atoms with Crippen LogP contribution in [0.25, 0.3) is 10.9 Å². The standard InChI is InChI=1S/C17H20N2O3/c20-10-11-22-13-4-3-9-19(12-13)17(21)15-7-8-18-16-6-2-1-5-14(15)16/h1-2,5-8,13,20H,3-4,9-12H2. The summed E-state index contributed by atoms with van der Waals surface area (Å²) in [6.07, 6.45) is 3.54. The first-order chi connectivity index (χ1) is 10.8. The van der Waals surface area contributed by atoms with Crippen molar-refractivity contribution in [1.29, 1.82) is 0 Å². The van der Waals surface area contributed by atoms with Gasteiger partial charge in [0.1, 0.15) is 0 Å². The van der Waals surface area contributed by atoms with E-state index in [0.717, 1.165) is 30.3 Å². The van der Waals surface area contributed by atoms with E-state index in [4.69, 9.17) is 9.84 Å². The molecule has 2 heterocycles. The van der Waals surface area contributed by atoms with Crippen LogP contribution in [0.3, 0.4) is 0 Å². The van der Waals surface area contributed by atoms with Crippen molar-refractivity contribution in [3.05, 3.63) is 42.1 Å². The Morgan fingerprint density at radius 2 is 2.23 bits per heavy atom. The third-order valence-corrected chi connectivity index (χ3v) is 3.99. The number of aromatic nitrogens is 1. The molecule has 1 amide bonds. The molecule has 1 aromatic heterocycles. The van der Waals surface area contributed by atoms with Crippen molar-refractivity contribution in [2.24, 2.45) is 0 Å². The molecule has 0 radical (unpaired) electrons. The van der Waals surface area contributed by atoms with Crippen molar-refractivity contribution in [1.82, 2.24) is 9.88 Å².